The predicted octanol–water partition coefficient (Wildman–Crippen LogP) is 3.63. The molecule has 1 fully saturated rings. The number of hydrogen-bond donors (Lipinski definition) is 1. The van der Waals surface area contributed by atoms with Crippen LogP contribution in [0.15, 0.2) is 63.6 Å². The normalized spacial score (nSPS) is 16.2. The minimum absolute atomic E-state index is 0.0294. The molecule has 0 aliphatic carbocycles. The van der Waals surface area contributed by atoms with Crippen molar-refractivity contribution in [3.8, 4) is 11.1 Å². The van der Waals surface area contributed by atoms with E-state index in [1.165, 1.54) is 16.7 Å². The summed E-state index contributed by atoms with van der Waals surface area (Å²) in [5, 5.41) is 11.4. The van der Waals surface area contributed by atoms with E-state index in [2.05, 4.69) is 52.1 Å². The molecule has 23 heavy (non-hydrogen) atoms. The summed E-state index contributed by atoms with van der Waals surface area (Å²) in [5.74, 6) is 0.380. The number of nitrogens with zero attached hydrogens (tertiary/aromatic N) is 2. The third-order valence-corrected chi connectivity index (χ3v) is 4.90. The van der Waals surface area contributed by atoms with E-state index in [1.54, 1.807) is 18.0 Å². The molecule has 0 radical (unpaired) electrons. The first-order chi connectivity index (χ1) is 11.3. The summed E-state index contributed by atoms with van der Waals surface area (Å²) >= 11 is 3.09. The first-order valence-corrected chi connectivity index (χ1v) is 9.24. The standard InChI is InChI=1S/C17H15N3OS2/c1-22-14-8-6-12(7-9-14)15-5-3-2-4-13(15)10-18-20-17-19-16(21)11-23-17/h2-10H,11H2,1H3,(H,19,20,21). The zero-order valence-electron chi connectivity index (χ0n) is 12.5. The molecular weight excluding hydrogens is 326 g/mol. The van der Waals surface area contributed by atoms with Gasteiger partial charge in [-0.2, -0.15) is 5.10 Å². The minimum Gasteiger partial charge on any atom is -0.303 e. The second kappa shape index (κ2) is 7.48. The van der Waals surface area contributed by atoms with Gasteiger partial charge in [-0.25, -0.2) is 0 Å². The highest BCUT2D eigenvalue weighted by molar-refractivity contribution is 8.15. The van der Waals surface area contributed by atoms with Crippen LogP contribution in [0.4, 0.5) is 0 Å². The summed E-state index contributed by atoms with van der Waals surface area (Å²) in [4.78, 5) is 12.3. The van der Waals surface area contributed by atoms with Crippen molar-refractivity contribution < 1.29 is 4.79 Å². The van der Waals surface area contributed by atoms with Gasteiger partial charge in [-0.15, -0.1) is 16.9 Å². The van der Waals surface area contributed by atoms with Crippen molar-refractivity contribution in [2.75, 3.05) is 12.0 Å². The maximum absolute atomic E-state index is 11.1. The molecule has 0 atom stereocenters. The molecule has 0 spiro atoms. The highest BCUT2D eigenvalue weighted by atomic mass is 32.2. The Labute approximate surface area is 143 Å². The Kier molecular flexibility index (Phi) is 5.15. The molecule has 1 N–H and O–H groups in total. The topological polar surface area (TPSA) is 53.8 Å². The number of nitrogens with one attached hydrogen (secondary N) is 1. The third-order valence-electron chi connectivity index (χ3n) is 3.29. The van der Waals surface area contributed by atoms with Gasteiger partial charge in [0, 0.05) is 10.5 Å². The average Bonchev–Trinajstić information content (AvgIpc) is 3.01. The lowest BCUT2D eigenvalue weighted by molar-refractivity contribution is -0.116. The number of carbonyl (C=O) groups excluding carboxylic acids is 1. The molecule has 1 aliphatic heterocycles. The van der Waals surface area contributed by atoms with E-state index in [1.807, 2.05) is 18.2 Å². The Balaban J connectivity index is 1.84. The Morgan fingerprint density at radius 2 is 1.96 bits per heavy atom. The molecule has 0 saturated carbocycles. The summed E-state index contributed by atoms with van der Waals surface area (Å²) in [6.07, 6.45) is 3.78. The van der Waals surface area contributed by atoms with Gasteiger partial charge in [0.15, 0.2) is 5.17 Å². The molecule has 1 aliphatic rings. The second-order valence-corrected chi connectivity index (χ2v) is 6.65. The molecule has 0 aromatic heterocycles. The van der Waals surface area contributed by atoms with E-state index in [4.69, 9.17) is 0 Å². The number of carbonyl (C=O) groups is 1. The molecule has 116 valence electrons. The largest absolute Gasteiger partial charge is 0.303 e. The highest BCUT2D eigenvalue weighted by Crippen LogP contribution is 2.25. The van der Waals surface area contributed by atoms with Gasteiger partial charge in [0.2, 0.25) is 5.91 Å². The second-order valence-electron chi connectivity index (χ2n) is 4.80. The quantitative estimate of drug-likeness (QED) is 0.525. The number of hydrogen-bond acceptors (Lipinski definition) is 5. The molecular formula is C17H15N3OS2. The van der Waals surface area contributed by atoms with Crippen molar-refractivity contribution in [3.05, 3.63) is 54.1 Å². The minimum atomic E-state index is -0.0294. The first-order valence-electron chi connectivity index (χ1n) is 7.03. The first kappa shape index (κ1) is 15.8. The van der Waals surface area contributed by atoms with E-state index in [0.29, 0.717) is 10.9 Å². The summed E-state index contributed by atoms with van der Waals surface area (Å²) in [6, 6.07) is 16.5. The number of rotatable bonds is 4. The number of thioether (sulfide) groups is 2. The molecule has 2 aromatic carbocycles. The van der Waals surface area contributed by atoms with Crippen molar-refractivity contribution in [2.45, 2.75) is 4.90 Å². The predicted molar refractivity (Wildman–Crippen MR) is 99.3 cm³/mol. The molecule has 1 saturated heterocycles. The lowest BCUT2D eigenvalue weighted by atomic mass is 10.0. The smallest absolute Gasteiger partial charge is 0.236 e. The van der Waals surface area contributed by atoms with Crippen LogP contribution in [0, 0.1) is 0 Å². The Morgan fingerprint density at radius 1 is 1.17 bits per heavy atom. The van der Waals surface area contributed by atoms with Crippen LogP contribution < -0.4 is 5.32 Å². The van der Waals surface area contributed by atoms with Gasteiger partial charge < -0.3 is 5.32 Å². The molecule has 3 rings (SSSR count). The lowest BCUT2D eigenvalue weighted by Crippen LogP contribution is -2.19. The van der Waals surface area contributed by atoms with Gasteiger partial charge >= 0.3 is 0 Å². The van der Waals surface area contributed by atoms with Crippen LogP contribution in [0.5, 0.6) is 0 Å². The van der Waals surface area contributed by atoms with Gasteiger partial charge in [0.05, 0.1) is 12.0 Å². The zero-order valence-corrected chi connectivity index (χ0v) is 14.2. The SMILES string of the molecule is CSc1ccc(-c2ccccc2C=NN=C2NC(=O)CS2)cc1. The molecule has 4 nitrogen and oxygen atoms in total. The summed E-state index contributed by atoms with van der Waals surface area (Å²) in [7, 11) is 0. The van der Waals surface area contributed by atoms with Gasteiger partial charge in [0.1, 0.15) is 0 Å². The van der Waals surface area contributed by atoms with Crippen LogP contribution in [0.1, 0.15) is 5.56 Å². The third kappa shape index (κ3) is 4.03. The maximum Gasteiger partial charge on any atom is 0.236 e. The summed E-state index contributed by atoms with van der Waals surface area (Å²) in [5.41, 5.74) is 3.23. The van der Waals surface area contributed by atoms with Crippen molar-refractivity contribution in [1.29, 1.82) is 0 Å². The number of amidine groups is 1. The van der Waals surface area contributed by atoms with Crippen molar-refractivity contribution in [2.24, 2.45) is 10.2 Å². The molecule has 1 heterocycles. The van der Waals surface area contributed by atoms with Gasteiger partial charge in [-0.05, 0) is 29.5 Å². The van der Waals surface area contributed by atoms with E-state index < -0.39 is 0 Å². The van der Waals surface area contributed by atoms with Gasteiger partial charge in [0.25, 0.3) is 0 Å². The fourth-order valence-corrected chi connectivity index (χ4v) is 3.20. The summed E-state index contributed by atoms with van der Waals surface area (Å²) < 4.78 is 0. The van der Waals surface area contributed by atoms with Crippen LogP contribution in [0.2, 0.25) is 0 Å². The van der Waals surface area contributed by atoms with E-state index in [-0.39, 0.29) is 5.91 Å². The van der Waals surface area contributed by atoms with Gasteiger partial charge in [-0.3, -0.25) is 4.79 Å². The maximum atomic E-state index is 11.1. The summed E-state index contributed by atoms with van der Waals surface area (Å²) in [6.45, 7) is 0. The monoisotopic (exact) mass is 341 g/mol. The zero-order chi connectivity index (χ0) is 16.1. The Hall–Kier alpha value is -2.05. The van der Waals surface area contributed by atoms with Crippen molar-refractivity contribution in [1.82, 2.24) is 5.32 Å². The van der Waals surface area contributed by atoms with Gasteiger partial charge in [-0.1, -0.05) is 48.2 Å². The molecule has 2 aromatic rings. The van der Waals surface area contributed by atoms with Crippen LogP contribution in [-0.2, 0) is 4.79 Å². The molecule has 0 bridgehead atoms. The highest BCUT2D eigenvalue weighted by Gasteiger charge is 2.15. The van der Waals surface area contributed by atoms with E-state index >= 15 is 0 Å². The fourth-order valence-electron chi connectivity index (χ4n) is 2.17. The van der Waals surface area contributed by atoms with Crippen LogP contribution in [0.25, 0.3) is 11.1 Å². The average molecular weight is 341 g/mol. The lowest BCUT2D eigenvalue weighted by Gasteiger charge is -2.06. The number of benzene rings is 2. The van der Waals surface area contributed by atoms with E-state index in [9.17, 15) is 4.79 Å². The van der Waals surface area contributed by atoms with E-state index in [0.717, 1.165) is 16.7 Å². The molecule has 0 unspecified atom stereocenters. The number of amides is 1. The molecule has 1 amide bonds. The fraction of sp³-hybridized carbons (Fsp3) is 0.118. The van der Waals surface area contributed by atoms with Crippen LogP contribution in [0.3, 0.4) is 0 Å². The Bertz CT molecular complexity index is 770. The van der Waals surface area contributed by atoms with Crippen LogP contribution >= 0.6 is 23.5 Å². The van der Waals surface area contributed by atoms with Crippen LogP contribution in [-0.4, -0.2) is 29.3 Å². The van der Waals surface area contributed by atoms with Crippen molar-refractivity contribution >= 4 is 40.8 Å². The molecule has 6 heteroatoms. The van der Waals surface area contributed by atoms with Crippen molar-refractivity contribution in [3.63, 3.8) is 0 Å². The Morgan fingerprint density at radius 3 is 2.65 bits per heavy atom.